The Morgan fingerprint density at radius 2 is 0.924 bits per heavy atom. The Morgan fingerprint density at radius 3 is 1.50 bits per heavy atom. The molecule has 0 spiro atoms. The SMILES string of the molecule is CCOCCOCCN1c2ccc(N(c3ccc4c(c3)c3ccccc3n4CCOCCOCC)c3ccc4c(c3)c3ccccc3n4CCOCCOCCOC)cc2C2C=CC=CC21. The Morgan fingerprint density at radius 1 is 0.455 bits per heavy atom. The van der Waals surface area contributed by atoms with Crippen LogP contribution < -0.4 is 9.80 Å². The molecule has 2 aliphatic rings. The van der Waals surface area contributed by atoms with E-state index in [1.807, 2.05) is 13.8 Å². The van der Waals surface area contributed by atoms with Gasteiger partial charge in [-0.15, -0.1) is 0 Å². The van der Waals surface area contributed by atoms with Crippen molar-refractivity contribution in [2.45, 2.75) is 38.9 Å². The maximum absolute atomic E-state index is 6.06. The number of ether oxygens (including phenoxy) is 7. The van der Waals surface area contributed by atoms with E-state index in [4.69, 9.17) is 33.2 Å². The van der Waals surface area contributed by atoms with Gasteiger partial charge in [-0.2, -0.15) is 0 Å². The van der Waals surface area contributed by atoms with Crippen molar-refractivity contribution in [1.29, 1.82) is 0 Å². The standard InChI is InChI=1S/C55H64N4O7/c1-4-61-32-34-63-27-24-56-50-15-9-6-12-44(50)47-38-41(18-21-53(47)56)59(42-19-22-54-48(39-42)45-13-7-10-16-51(45)57(54)25-28-64-35-33-62-5-2)43-20-23-55-49(40-43)46-14-8-11-17-52(46)58(55)26-29-65-36-37-66-31-30-60-3/h6-23,38-40,44,50H,4-5,24-37H2,1-3H3. The normalized spacial score (nSPS) is 15.5. The van der Waals surface area contributed by atoms with Crippen molar-refractivity contribution in [3.05, 3.63) is 133 Å². The van der Waals surface area contributed by atoms with E-state index in [0.29, 0.717) is 85.9 Å². The number of para-hydroxylation sites is 2. The number of methoxy groups -OCH3 is 1. The second-order valence-electron chi connectivity index (χ2n) is 16.6. The number of fused-ring (bicyclic) bond motifs is 9. The van der Waals surface area contributed by atoms with Crippen molar-refractivity contribution in [1.82, 2.24) is 9.13 Å². The second kappa shape index (κ2) is 22.3. The van der Waals surface area contributed by atoms with Crippen LogP contribution in [0.1, 0.15) is 25.3 Å². The Bertz CT molecular complexity index is 2760. The molecule has 0 radical (unpaired) electrons. The zero-order valence-corrected chi connectivity index (χ0v) is 38.7. The van der Waals surface area contributed by atoms with Crippen molar-refractivity contribution >= 4 is 66.4 Å². The fourth-order valence-corrected chi connectivity index (χ4v) is 9.78. The van der Waals surface area contributed by atoms with E-state index in [-0.39, 0.29) is 12.0 Å². The van der Waals surface area contributed by atoms with E-state index in [1.54, 1.807) is 7.11 Å². The van der Waals surface area contributed by atoms with Crippen LogP contribution in [0, 0.1) is 0 Å². The van der Waals surface area contributed by atoms with Gasteiger partial charge in [0.05, 0.1) is 78.7 Å². The summed E-state index contributed by atoms with van der Waals surface area (Å²) in [6.07, 6.45) is 9.06. The quantitative estimate of drug-likeness (QED) is 0.0494. The zero-order valence-electron chi connectivity index (χ0n) is 38.7. The Hall–Kier alpha value is -5.50. The van der Waals surface area contributed by atoms with Gasteiger partial charge in [0, 0.05) is 112 Å². The van der Waals surface area contributed by atoms with Crippen molar-refractivity contribution < 1.29 is 33.2 Å². The third kappa shape index (κ3) is 9.80. The van der Waals surface area contributed by atoms with E-state index >= 15 is 0 Å². The van der Waals surface area contributed by atoms with Crippen molar-refractivity contribution in [3.8, 4) is 0 Å². The fraction of sp³-hybridized carbons (Fsp3) is 0.382. The molecule has 11 nitrogen and oxygen atoms in total. The molecule has 2 atom stereocenters. The van der Waals surface area contributed by atoms with E-state index in [0.717, 1.165) is 36.7 Å². The Labute approximate surface area is 388 Å². The summed E-state index contributed by atoms with van der Waals surface area (Å²) >= 11 is 0. The van der Waals surface area contributed by atoms with E-state index in [9.17, 15) is 0 Å². The molecule has 0 N–H and O–H groups in total. The summed E-state index contributed by atoms with van der Waals surface area (Å²) in [6, 6.07) is 38.6. The maximum atomic E-state index is 6.06. The van der Waals surface area contributed by atoms with Gasteiger partial charge in [0.1, 0.15) is 0 Å². The molecule has 11 heteroatoms. The molecule has 2 aromatic heterocycles. The number of anilines is 4. The van der Waals surface area contributed by atoms with Crippen LogP contribution in [0.4, 0.5) is 22.7 Å². The van der Waals surface area contributed by atoms with Crippen LogP contribution in [0.15, 0.2) is 127 Å². The summed E-state index contributed by atoms with van der Waals surface area (Å²) in [5, 5.41) is 4.85. The third-order valence-electron chi connectivity index (χ3n) is 12.8. The lowest BCUT2D eigenvalue weighted by molar-refractivity contribution is 0.0234. The number of aromatic nitrogens is 2. The number of hydrogen-bond acceptors (Lipinski definition) is 9. The number of rotatable bonds is 26. The minimum Gasteiger partial charge on any atom is -0.382 e. The average Bonchev–Trinajstić information content (AvgIpc) is 3.96. The number of allylic oxidation sites excluding steroid dienone is 2. The predicted octanol–water partition coefficient (Wildman–Crippen LogP) is 10.6. The first-order chi connectivity index (χ1) is 32.7. The molecule has 0 saturated carbocycles. The minimum atomic E-state index is 0.226. The molecule has 2 unspecified atom stereocenters. The van der Waals surface area contributed by atoms with Crippen molar-refractivity contribution in [3.63, 3.8) is 0 Å². The molecule has 0 fully saturated rings. The van der Waals surface area contributed by atoms with Crippen LogP contribution in [0.2, 0.25) is 0 Å². The molecule has 66 heavy (non-hydrogen) atoms. The molecule has 3 heterocycles. The molecular formula is C55H64N4O7. The topological polar surface area (TPSA) is 81.0 Å². The highest BCUT2D eigenvalue weighted by molar-refractivity contribution is 6.11. The lowest BCUT2D eigenvalue weighted by Gasteiger charge is -2.28. The number of nitrogens with zero attached hydrogens (tertiary/aromatic N) is 4. The average molecular weight is 893 g/mol. The van der Waals surface area contributed by atoms with Gasteiger partial charge in [0.15, 0.2) is 0 Å². The van der Waals surface area contributed by atoms with E-state index in [2.05, 4.69) is 146 Å². The molecule has 5 aromatic carbocycles. The van der Waals surface area contributed by atoms with Crippen LogP contribution in [0.25, 0.3) is 43.6 Å². The molecular weight excluding hydrogens is 829 g/mol. The molecule has 0 amide bonds. The minimum absolute atomic E-state index is 0.226. The molecule has 9 rings (SSSR count). The summed E-state index contributed by atoms with van der Waals surface area (Å²) in [5.41, 5.74) is 10.6. The lowest BCUT2D eigenvalue weighted by Crippen LogP contribution is -2.35. The predicted molar refractivity (Wildman–Crippen MR) is 267 cm³/mol. The Kier molecular flexibility index (Phi) is 15.4. The largest absolute Gasteiger partial charge is 0.382 e. The molecule has 1 aliphatic carbocycles. The maximum Gasteiger partial charge on any atom is 0.0701 e. The second-order valence-corrected chi connectivity index (χ2v) is 16.6. The summed E-state index contributed by atoms with van der Waals surface area (Å²) < 4.78 is 44.7. The van der Waals surface area contributed by atoms with E-state index in [1.165, 1.54) is 54.9 Å². The van der Waals surface area contributed by atoms with Crippen LogP contribution >= 0.6 is 0 Å². The van der Waals surface area contributed by atoms with E-state index < -0.39 is 0 Å². The third-order valence-corrected chi connectivity index (χ3v) is 12.8. The Balaban J connectivity index is 1.10. The van der Waals surface area contributed by atoms with Gasteiger partial charge >= 0.3 is 0 Å². The van der Waals surface area contributed by atoms with Gasteiger partial charge < -0.3 is 52.1 Å². The first kappa shape index (κ1) is 45.6. The first-order valence-corrected chi connectivity index (χ1v) is 23.7. The molecule has 0 bridgehead atoms. The summed E-state index contributed by atoms with van der Waals surface area (Å²) in [6.45, 7) is 14.2. The smallest absolute Gasteiger partial charge is 0.0701 e. The summed E-state index contributed by atoms with van der Waals surface area (Å²) in [4.78, 5) is 4.95. The molecule has 1 aliphatic heterocycles. The van der Waals surface area contributed by atoms with Crippen LogP contribution in [0.5, 0.6) is 0 Å². The van der Waals surface area contributed by atoms with Gasteiger partial charge in [-0.25, -0.2) is 0 Å². The highest BCUT2D eigenvalue weighted by Gasteiger charge is 2.37. The number of benzene rings is 5. The zero-order chi connectivity index (χ0) is 45.1. The van der Waals surface area contributed by atoms with Crippen LogP contribution in [-0.4, -0.2) is 115 Å². The fourth-order valence-electron chi connectivity index (χ4n) is 9.78. The number of hydrogen-bond donors (Lipinski definition) is 0. The lowest BCUT2D eigenvalue weighted by atomic mass is 9.91. The molecule has 0 saturated heterocycles. The summed E-state index contributed by atoms with van der Waals surface area (Å²) in [7, 11) is 1.68. The van der Waals surface area contributed by atoms with Gasteiger partial charge in [0.25, 0.3) is 0 Å². The monoisotopic (exact) mass is 892 g/mol. The van der Waals surface area contributed by atoms with Crippen LogP contribution in [0.3, 0.4) is 0 Å². The van der Waals surface area contributed by atoms with Crippen LogP contribution in [-0.2, 0) is 46.2 Å². The highest BCUT2D eigenvalue weighted by atomic mass is 16.5. The van der Waals surface area contributed by atoms with Crippen molar-refractivity contribution in [2.75, 3.05) is 109 Å². The molecule has 346 valence electrons. The van der Waals surface area contributed by atoms with Crippen molar-refractivity contribution in [2.24, 2.45) is 0 Å². The summed E-state index contributed by atoms with van der Waals surface area (Å²) in [5.74, 6) is 0.228. The highest BCUT2D eigenvalue weighted by Crippen LogP contribution is 2.48. The van der Waals surface area contributed by atoms with Gasteiger partial charge in [-0.1, -0.05) is 60.7 Å². The van der Waals surface area contributed by atoms with Gasteiger partial charge in [0.2, 0.25) is 0 Å². The first-order valence-electron chi connectivity index (χ1n) is 23.7. The molecule has 7 aromatic rings. The van der Waals surface area contributed by atoms with Gasteiger partial charge in [-0.3, -0.25) is 0 Å². The van der Waals surface area contributed by atoms with Gasteiger partial charge in [-0.05, 0) is 86.1 Å².